The molecule has 2 rings (SSSR count). The summed E-state index contributed by atoms with van der Waals surface area (Å²) in [6.45, 7) is 0. The summed E-state index contributed by atoms with van der Waals surface area (Å²) in [6, 6.07) is 10.7. The average Bonchev–Trinajstić information content (AvgIpc) is 2.04. The normalized spacial score (nSPS) is 10.5. The summed E-state index contributed by atoms with van der Waals surface area (Å²) in [4.78, 5) is 0. The third-order valence-electron chi connectivity index (χ3n) is 1.78. The van der Waals surface area contributed by atoms with Gasteiger partial charge in [-0.2, -0.15) is 0 Å². The van der Waals surface area contributed by atoms with E-state index in [0.717, 1.165) is 15.2 Å². The van der Waals surface area contributed by atoms with Crippen molar-refractivity contribution < 1.29 is 4.39 Å². The van der Waals surface area contributed by atoms with Crippen LogP contribution in [0.4, 0.5) is 4.39 Å². The Morgan fingerprint density at radius 2 is 1.83 bits per heavy atom. The molecule has 2 heteroatoms. The molecule has 0 aromatic heterocycles. The molecule has 0 amide bonds. The molecule has 0 saturated carbocycles. The zero-order chi connectivity index (χ0) is 8.55. The van der Waals surface area contributed by atoms with Crippen molar-refractivity contribution in [3.63, 3.8) is 0 Å². The van der Waals surface area contributed by atoms with Crippen LogP contribution in [0.25, 0.3) is 10.8 Å². The van der Waals surface area contributed by atoms with Crippen LogP contribution >= 0.6 is 15.9 Å². The molecule has 0 unspecified atom stereocenters. The van der Waals surface area contributed by atoms with Crippen LogP contribution in [0.5, 0.6) is 0 Å². The lowest BCUT2D eigenvalue weighted by atomic mass is 10.1. The zero-order valence-corrected chi connectivity index (χ0v) is 7.81. The number of hydrogen-bond acceptors (Lipinski definition) is 0. The number of rotatable bonds is 0. The molecule has 0 aliphatic rings. The number of fused-ring (bicyclic) bond motifs is 1. The summed E-state index contributed by atoms with van der Waals surface area (Å²) in [5, 5.41) is 1.96. The fourth-order valence-corrected chi connectivity index (χ4v) is 1.81. The number of halogens is 2. The minimum Gasteiger partial charge on any atom is -0.207 e. The van der Waals surface area contributed by atoms with Gasteiger partial charge in [0, 0.05) is 4.47 Å². The molecular weight excluding hydrogens is 219 g/mol. The van der Waals surface area contributed by atoms with E-state index in [1.54, 1.807) is 0 Å². The van der Waals surface area contributed by atoms with Crippen LogP contribution in [0.15, 0.2) is 40.9 Å². The molecule has 0 atom stereocenters. The minimum atomic E-state index is -0.208. The van der Waals surface area contributed by atoms with Crippen molar-refractivity contribution in [1.29, 1.82) is 0 Å². The molecule has 0 heterocycles. The van der Waals surface area contributed by atoms with E-state index in [1.807, 2.05) is 24.3 Å². The first-order valence-electron chi connectivity index (χ1n) is 3.61. The molecule has 0 aliphatic heterocycles. The van der Waals surface area contributed by atoms with E-state index in [9.17, 15) is 4.39 Å². The molecule has 0 bridgehead atoms. The number of benzene rings is 2. The van der Waals surface area contributed by atoms with E-state index in [0.29, 0.717) is 0 Å². The van der Waals surface area contributed by atoms with Crippen LogP contribution < -0.4 is 0 Å². The van der Waals surface area contributed by atoms with Gasteiger partial charge in [-0.1, -0.05) is 40.2 Å². The Bertz CT molecular complexity index is 423. The second kappa shape index (κ2) is 2.87. The quantitative estimate of drug-likeness (QED) is 0.640. The summed E-state index contributed by atoms with van der Waals surface area (Å²) in [7, 11) is 0. The maximum atomic E-state index is 12.9. The highest BCUT2D eigenvalue weighted by molar-refractivity contribution is 9.10. The van der Waals surface area contributed by atoms with Gasteiger partial charge >= 0.3 is 0 Å². The van der Waals surface area contributed by atoms with Crippen molar-refractivity contribution in [3.05, 3.63) is 46.7 Å². The van der Waals surface area contributed by atoms with Crippen LogP contribution in [0.1, 0.15) is 0 Å². The van der Waals surface area contributed by atoms with Gasteiger partial charge < -0.3 is 0 Å². The maximum absolute atomic E-state index is 12.9. The van der Waals surface area contributed by atoms with Gasteiger partial charge in [-0.05, 0) is 22.9 Å². The van der Waals surface area contributed by atoms with Crippen molar-refractivity contribution in [2.24, 2.45) is 0 Å². The highest BCUT2D eigenvalue weighted by Crippen LogP contribution is 2.24. The molecule has 0 nitrogen and oxygen atoms in total. The molecule has 2 aromatic rings. The molecule has 0 spiro atoms. The summed E-state index contributed by atoms with van der Waals surface area (Å²) < 4.78 is 13.7. The molecule has 0 fully saturated rings. The Morgan fingerprint density at radius 1 is 1.08 bits per heavy atom. The van der Waals surface area contributed by atoms with Crippen LogP contribution in [0.2, 0.25) is 0 Å². The molecule has 12 heavy (non-hydrogen) atoms. The van der Waals surface area contributed by atoms with Crippen molar-refractivity contribution >= 4 is 26.7 Å². The van der Waals surface area contributed by atoms with Gasteiger partial charge in [0.1, 0.15) is 5.82 Å². The smallest absolute Gasteiger partial charge is 0.124 e. The Morgan fingerprint density at radius 3 is 2.67 bits per heavy atom. The van der Waals surface area contributed by atoms with Gasteiger partial charge in [0.2, 0.25) is 0 Å². The minimum absolute atomic E-state index is 0.208. The molecule has 0 radical (unpaired) electrons. The monoisotopic (exact) mass is 224 g/mol. The Labute approximate surface area is 78.1 Å². The van der Waals surface area contributed by atoms with E-state index < -0.39 is 0 Å². The van der Waals surface area contributed by atoms with Gasteiger partial charge in [-0.15, -0.1) is 0 Å². The summed E-state index contributed by atoms with van der Waals surface area (Å²) in [5.74, 6) is -0.208. The maximum Gasteiger partial charge on any atom is 0.124 e. The molecular formula is C10H6BrF. The average molecular weight is 225 g/mol. The van der Waals surface area contributed by atoms with Crippen molar-refractivity contribution in [1.82, 2.24) is 0 Å². The van der Waals surface area contributed by atoms with E-state index >= 15 is 0 Å². The van der Waals surface area contributed by atoms with E-state index in [1.165, 1.54) is 12.1 Å². The lowest BCUT2D eigenvalue weighted by molar-refractivity contribution is 0.629. The van der Waals surface area contributed by atoms with Crippen molar-refractivity contribution in [2.45, 2.75) is 0 Å². The first kappa shape index (κ1) is 7.74. The highest BCUT2D eigenvalue weighted by atomic mass is 79.9. The van der Waals surface area contributed by atoms with Gasteiger partial charge in [0.05, 0.1) is 0 Å². The summed E-state index contributed by atoms with van der Waals surface area (Å²) >= 11 is 3.31. The first-order valence-corrected chi connectivity index (χ1v) is 4.40. The fraction of sp³-hybridized carbons (Fsp3) is 0. The summed E-state index contributed by atoms with van der Waals surface area (Å²) in [6.07, 6.45) is 0. The SMILES string of the molecule is Fc1cc(Br)c2ccccc2c1. The second-order valence-corrected chi connectivity index (χ2v) is 3.46. The third-order valence-corrected chi connectivity index (χ3v) is 2.43. The van der Waals surface area contributed by atoms with E-state index in [-0.39, 0.29) is 5.82 Å². The van der Waals surface area contributed by atoms with Crippen molar-refractivity contribution in [3.8, 4) is 0 Å². The Balaban J connectivity index is 2.89. The van der Waals surface area contributed by atoms with Crippen LogP contribution in [0.3, 0.4) is 0 Å². The number of hydrogen-bond donors (Lipinski definition) is 0. The van der Waals surface area contributed by atoms with Gasteiger partial charge in [-0.3, -0.25) is 0 Å². The predicted molar refractivity (Wildman–Crippen MR) is 51.6 cm³/mol. The molecule has 60 valence electrons. The zero-order valence-electron chi connectivity index (χ0n) is 6.22. The van der Waals surface area contributed by atoms with Gasteiger partial charge in [0.25, 0.3) is 0 Å². The molecule has 0 saturated heterocycles. The van der Waals surface area contributed by atoms with Gasteiger partial charge in [-0.25, -0.2) is 4.39 Å². The highest BCUT2D eigenvalue weighted by Gasteiger charge is 1.99. The Kier molecular flexibility index (Phi) is 1.85. The van der Waals surface area contributed by atoms with Crippen LogP contribution in [0, 0.1) is 5.82 Å². The lowest BCUT2D eigenvalue weighted by Gasteiger charge is -1.99. The van der Waals surface area contributed by atoms with E-state index in [4.69, 9.17) is 0 Å². The first-order chi connectivity index (χ1) is 5.77. The topological polar surface area (TPSA) is 0 Å². The molecule has 0 N–H and O–H groups in total. The van der Waals surface area contributed by atoms with Gasteiger partial charge in [0.15, 0.2) is 0 Å². The van der Waals surface area contributed by atoms with Crippen LogP contribution in [-0.2, 0) is 0 Å². The summed E-state index contributed by atoms with van der Waals surface area (Å²) in [5.41, 5.74) is 0. The predicted octanol–water partition coefficient (Wildman–Crippen LogP) is 3.74. The lowest BCUT2D eigenvalue weighted by Crippen LogP contribution is -1.77. The second-order valence-electron chi connectivity index (χ2n) is 2.61. The molecule has 0 aliphatic carbocycles. The Hall–Kier alpha value is -0.890. The van der Waals surface area contributed by atoms with Crippen molar-refractivity contribution in [2.75, 3.05) is 0 Å². The van der Waals surface area contributed by atoms with Crippen LogP contribution in [-0.4, -0.2) is 0 Å². The fourth-order valence-electron chi connectivity index (χ4n) is 1.23. The third kappa shape index (κ3) is 1.23. The largest absolute Gasteiger partial charge is 0.207 e. The standard InChI is InChI=1S/C10H6BrF/c11-10-6-8(12)5-7-3-1-2-4-9(7)10/h1-6H. The van der Waals surface area contributed by atoms with E-state index in [2.05, 4.69) is 15.9 Å². The molecule has 2 aromatic carbocycles.